The van der Waals surface area contributed by atoms with Crippen molar-refractivity contribution in [2.24, 2.45) is 12.8 Å². The third-order valence-electron chi connectivity index (χ3n) is 2.40. The van der Waals surface area contributed by atoms with E-state index in [1.54, 1.807) is 17.7 Å². The molecule has 0 aliphatic carbocycles. The highest BCUT2D eigenvalue weighted by Gasteiger charge is 2.14. The summed E-state index contributed by atoms with van der Waals surface area (Å²) in [6, 6.07) is 4.33. The maximum absolute atomic E-state index is 12.9. The summed E-state index contributed by atoms with van der Waals surface area (Å²) in [7, 11) is 1.77. The maximum Gasteiger partial charge on any atom is 0.139 e. The second kappa shape index (κ2) is 3.60. The van der Waals surface area contributed by atoms with Crippen LogP contribution in [0.1, 0.15) is 11.9 Å². The van der Waals surface area contributed by atoms with Gasteiger partial charge in [0.15, 0.2) is 0 Å². The van der Waals surface area contributed by atoms with Gasteiger partial charge in [-0.15, -0.1) is 0 Å². The zero-order valence-corrected chi connectivity index (χ0v) is 8.31. The molecule has 2 rings (SSSR count). The van der Waals surface area contributed by atoms with Crippen molar-refractivity contribution in [1.29, 1.82) is 0 Å². The number of halogens is 1. The lowest BCUT2D eigenvalue weighted by molar-refractivity contribution is 0.174. The Morgan fingerprint density at radius 3 is 3.00 bits per heavy atom. The minimum atomic E-state index is -0.814. The largest absolute Gasteiger partial charge is 0.384 e. The molecule has 4 nitrogen and oxygen atoms in total. The summed E-state index contributed by atoms with van der Waals surface area (Å²) in [6.45, 7) is 0.0969. The first-order valence-electron chi connectivity index (χ1n) is 4.63. The standard InChI is InChI=1S/C10H12FN3O/c1-14-8-3-2-6(11)4-7(8)13-10(14)9(15)5-12/h2-4,9,15H,5,12H2,1H3. The zero-order chi connectivity index (χ0) is 11.0. The van der Waals surface area contributed by atoms with Crippen molar-refractivity contribution in [3.05, 3.63) is 29.8 Å². The molecule has 0 fully saturated rings. The molecule has 0 aliphatic rings. The fourth-order valence-corrected chi connectivity index (χ4v) is 1.60. The number of imidazole rings is 1. The van der Waals surface area contributed by atoms with E-state index in [9.17, 15) is 9.50 Å². The number of nitrogens with zero attached hydrogens (tertiary/aromatic N) is 2. The number of aryl methyl sites for hydroxylation is 1. The van der Waals surface area contributed by atoms with Crippen LogP contribution >= 0.6 is 0 Å². The molecule has 0 spiro atoms. The third kappa shape index (κ3) is 1.60. The molecule has 15 heavy (non-hydrogen) atoms. The van der Waals surface area contributed by atoms with Gasteiger partial charge in [-0.3, -0.25) is 0 Å². The van der Waals surface area contributed by atoms with Crippen LogP contribution in [-0.4, -0.2) is 21.2 Å². The Morgan fingerprint density at radius 1 is 1.60 bits per heavy atom. The molecular formula is C10H12FN3O. The van der Waals surface area contributed by atoms with E-state index in [-0.39, 0.29) is 12.4 Å². The molecule has 1 aromatic heterocycles. The molecule has 0 saturated heterocycles. The van der Waals surface area contributed by atoms with Gasteiger partial charge in [0.2, 0.25) is 0 Å². The Morgan fingerprint density at radius 2 is 2.33 bits per heavy atom. The molecule has 0 bridgehead atoms. The molecule has 5 heteroatoms. The average Bonchev–Trinajstić information content (AvgIpc) is 2.54. The van der Waals surface area contributed by atoms with Crippen molar-refractivity contribution in [3.8, 4) is 0 Å². The van der Waals surface area contributed by atoms with Gasteiger partial charge in [-0.1, -0.05) is 0 Å². The molecule has 0 amide bonds. The summed E-state index contributed by atoms with van der Waals surface area (Å²) in [4.78, 5) is 4.14. The number of aliphatic hydroxyl groups is 1. The van der Waals surface area contributed by atoms with Gasteiger partial charge in [-0.25, -0.2) is 9.37 Å². The Hall–Kier alpha value is -1.46. The molecule has 0 radical (unpaired) electrons. The minimum Gasteiger partial charge on any atom is -0.384 e. The predicted octanol–water partition coefficient (Wildman–Crippen LogP) is 0.705. The van der Waals surface area contributed by atoms with E-state index >= 15 is 0 Å². The molecule has 2 aromatic rings. The third-order valence-corrected chi connectivity index (χ3v) is 2.40. The van der Waals surface area contributed by atoms with E-state index in [1.165, 1.54) is 12.1 Å². The number of fused-ring (bicyclic) bond motifs is 1. The smallest absolute Gasteiger partial charge is 0.139 e. The highest BCUT2D eigenvalue weighted by molar-refractivity contribution is 5.76. The lowest BCUT2D eigenvalue weighted by Crippen LogP contribution is -2.15. The van der Waals surface area contributed by atoms with Crippen LogP contribution in [0.4, 0.5) is 4.39 Å². The number of aromatic nitrogens is 2. The van der Waals surface area contributed by atoms with Gasteiger partial charge in [0.05, 0.1) is 11.0 Å². The molecule has 1 unspecified atom stereocenters. The molecule has 3 N–H and O–H groups in total. The SMILES string of the molecule is Cn1c(C(O)CN)nc2cc(F)ccc21. The molecular weight excluding hydrogens is 197 g/mol. The first kappa shape index (κ1) is 10.1. The van der Waals surface area contributed by atoms with Crippen molar-refractivity contribution in [2.75, 3.05) is 6.54 Å². The van der Waals surface area contributed by atoms with Crippen LogP contribution in [0.3, 0.4) is 0 Å². The minimum absolute atomic E-state index is 0.0969. The molecule has 80 valence electrons. The highest BCUT2D eigenvalue weighted by atomic mass is 19.1. The molecule has 0 aliphatic heterocycles. The van der Waals surface area contributed by atoms with Gasteiger partial charge in [0, 0.05) is 19.7 Å². The van der Waals surface area contributed by atoms with E-state index in [0.717, 1.165) is 5.52 Å². The van der Waals surface area contributed by atoms with E-state index in [1.807, 2.05) is 0 Å². The number of benzene rings is 1. The van der Waals surface area contributed by atoms with Gasteiger partial charge in [-0.05, 0) is 12.1 Å². The van der Waals surface area contributed by atoms with Gasteiger partial charge in [0.1, 0.15) is 17.7 Å². The van der Waals surface area contributed by atoms with Crippen LogP contribution < -0.4 is 5.73 Å². The molecule has 0 saturated carbocycles. The van der Waals surface area contributed by atoms with Crippen LogP contribution in [0.25, 0.3) is 11.0 Å². The van der Waals surface area contributed by atoms with Crippen LogP contribution in [0, 0.1) is 5.82 Å². The first-order chi connectivity index (χ1) is 7.13. The van der Waals surface area contributed by atoms with Crippen LogP contribution in [0.5, 0.6) is 0 Å². The summed E-state index contributed by atoms with van der Waals surface area (Å²) in [5, 5.41) is 9.58. The summed E-state index contributed by atoms with van der Waals surface area (Å²) in [5.74, 6) is 0.118. The van der Waals surface area contributed by atoms with Crippen LogP contribution in [-0.2, 0) is 7.05 Å². The van der Waals surface area contributed by atoms with Crippen molar-refractivity contribution in [3.63, 3.8) is 0 Å². The van der Waals surface area contributed by atoms with Gasteiger partial charge < -0.3 is 15.4 Å². The summed E-state index contributed by atoms with van der Waals surface area (Å²) >= 11 is 0. The van der Waals surface area contributed by atoms with E-state index in [2.05, 4.69) is 4.98 Å². The Balaban J connectivity index is 2.63. The van der Waals surface area contributed by atoms with E-state index in [4.69, 9.17) is 5.73 Å². The zero-order valence-electron chi connectivity index (χ0n) is 8.31. The van der Waals surface area contributed by atoms with Gasteiger partial charge in [-0.2, -0.15) is 0 Å². The number of hydrogen-bond acceptors (Lipinski definition) is 3. The first-order valence-corrected chi connectivity index (χ1v) is 4.63. The maximum atomic E-state index is 12.9. The topological polar surface area (TPSA) is 64.1 Å². The second-order valence-electron chi connectivity index (χ2n) is 3.41. The monoisotopic (exact) mass is 209 g/mol. The van der Waals surface area contributed by atoms with Crippen LogP contribution in [0.15, 0.2) is 18.2 Å². The summed E-state index contributed by atoms with van der Waals surface area (Å²) in [5.41, 5.74) is 6.65. The Labute approximate surface area is 86.1 Å². The molecule has 1 atom stereocenters. The number of hydrogen-bond donors (Lipinski definition) is 2. The van der Waals surface area contributed by atoms with Crippen molar-refractivity contribution in [2.45, 2.75) is 6.10 Å². The quantitative estimate of drug-likeness (QED) is 0.765. The number of nitrogens with two attached hydrogens (primary N) is 1. The normalized spacial score (nSPS) is 13.3. The van der Waals surface area contributed by atoms with Crippen LogP contribution in [0.2, 0.25) is 0 Å². The van der Waals surface area contributed by atoms with Gasteiger partial charge >= 0.3 is 0 Å². The summed E-state index contributed by atoms with van der Waals surface area (Å²) in [6.07, 6.45) is -0.814. The van der Waals surface area contributed by atoms with E-state index < -0.39 is 6.10 Å². The van der Waals surface area contributed by atoms with Gasteiger partial charge in [0.25, 0.3) is 0 Å². The van der Waals surface area contributed by atoms with Crippen molar-refractivity contribution >= 4 is 11.0 Å². The average molecular weight is 209 g/mol. The Kier molecular flexibility index (Phi) is 2.42. The predicted molar refractivity (Wildman–Crippen MR) is 54.7 cm³/mol. The van der Waals surface area contributed by atoms with Crippen molar-refractivity contribution < 1.29 is 9.50 Å². The number of aliphatic hydroxyl groups excluding tert-OH is 1. The molecule has 1 heterocycles. The van der Waals surface area contributed by atoms with E-state index in [0.29, 0.717) is 11.3 Å². The summed E-state index contributed by atoms with van der Waals surface area (Å²) < 4.78 is 14.6. The lowest BCUT2D eigenvalue weighted by Gasteiger charge is -2.06. The lowest BCUT2D eigenvalue weighted by atomic mass is 10.3. The Bertz CT molecular complexity index is 495. The highest BCUT2D eigenvalue weighted by Crippen LogP contribution is 2.19. The fraction of sp³-hybridized carbons (Fsp3) is 0.300. The fourth-order valence-electron chi connectivity index (χ4n) is 1.60. The second-order valence-corrected chi connectivity index (χ2v) is 3.41. The van der Waals surface area contributed by atoms with Crippen molar-refractivity contribution in [1.82, 2.24) is 9.55 Å². The molecule has 1 aromatic carbocycles. The number of rotatable bonds is 2.